The van der Waals surface area contributed by atoms with Gasteiger partial charge in [-0.15, -0.1) is 11.3 Å². The van der Waals surface area contributed by atoms with Crippen molar-refractivity contribution in [2.24, 2.45) is 0 Å². The molecular formula is C15H18BrNOS. The molecule has 0 saturated heterocycles. The highest BCUT2D eigenvalue weighted by Gasteiger charge is 2.08. The largest absolute Gasteiger partial charge is 0.497 e. The van der Waals surface area contributed by atoms with Crippen LogP contribution in [-0.2, 0) is 6.54 Å². The van der Waals surface area contributed by atoms with Gasteiger partial charge >= 0.3 is 0 Å². The molecule has 0 spiro atoms. The SMILES string of the molecule is COc1ccc(Br)c(-c2ccc(CNC(C)C)s2)c1. The van der Waals surface area contributed by atoms with E-state index in [2.05, 4.69) is 53.3 Å². The van der Waals surface area contributed by atoms with Gasteiger partial charge in [0, 0.05) is 32.4 Å². The van der Waals surface area contributed by atoms with Gasteiger partial charge in [-0.3, -0.25) is 0 Å². The molecule has 0 aliphatic carbocycles. The summed E-state index contributed by atoms with van der Waals surface area (Å²) in [5.41, 5.74) is 1.18. The third kappa shape index (κ3) is 3.81. The average Bonchev–Trinajstić information content (AvgIpc) is 2.85. The minimum atomic E-state index is 0.508. The maximum atomic E-state index is 5.29. The highest BCUT2D eigenvalue weighted by molar-refractivity contribution is 9.10. The van der Waals surface area contributed by atoms with E-state index >= 15 is 0 Å². The number of hydrogen-bond donors (Lipinski definition) is 1. The van der Waals surface area contributed by atoms with Crippen molar-refractivity contribution < 1.29 is 4.74 Å². The van der Waals surface area contributed by atoms with Crippen LogP contribution in [0, 0.1) is 0 Å². The van der Waals surface area contributed by atoms with Crippen molar-refractivity contribution in [1.29, 1.82) is 0 Å². The molecule has 4 heteroatoms. The van der Waals surface area contributed by atoms with Crippen molar-refractivity contribution in [3.05, 3.63) is 39.7 Å². The first kappa shape index (κ1) is 14.6. The fraction of sp³-hybridized carbons (Fsp3) is 0.333. The lowest BCUT2D eigenvalue weighted by Crippen LogP contribution is -2.21. The molecule has 0 amide bonds. The fourth-order valence-corrected chi connectivity index (χ4v) is 3.32. The van der Waals surface area contributed by atoms with E-state index < -0.39 is 0 Å². The Balaban J connectivity index is 2.22. The van der Waals surface area contributed by atoms with Crippen LogP contribution < -0.4 is 10.1 Å². The van der Waals surface area contributed by atoms with Gasteiger partial charge in [-0.2, -0.15) is 0 Å². The molecule has 0 aliphatic heterocycles. The number of methoxy groups -OCH3 is 1. The predicted molar refractivity (Wildman–Crippen MR) is 86.0 cm³/mol. The molecule has 2 rings (SSSR count). The lowest BCUT2D eigenvalue weighted by Gasteiger charge is -2.06. The molecule has 0 fully saturated rings. The third-order valence-corrected chi connectivity index (χ3v) is 4.60. The number of halogens is 1. The summed E-state index contributed by atoms with van der Waals surface area (Å²) in [7, 11) is 1.69. The summed E-state index contributed by atoms with van der Waals surface area (Å²) >= 11 is 5.42. The molecule has 102 valence electrons. The molecule has 0 atom stereocenters. The zero-order valence-electron chi connectivity index (χ0n) is 11.4. The van der Waals surface area contributed by atoms with E-state index in [1.165, 1.54) is 15.3 Å². The van der Waals surface area contributed by atoms with Gasteiger partial charge in [0.2, 0.25) is 0 Å². The molecule has 1 aromatic carbocycles. The van der Waals surface area contributed by atoms with Crippen molar-refractivity contribution in [2.75, 3.05) is 7.11 Å². The second-order valence-electron chi connectivity index (χ2n) is 4.65. The van der Waals surface area contributed by atoms with E-state index in [4.69, 9.17) is 4.74 Å². The number of benzene rings is 1. The second kappa shape index (κ2) is 6.55. The van der Waals surface area contributed by atoms with Crippen LogP contribution in [0.15, 0.2) is 34.8 Å². The van der Waals surface area contributed by atoms with Crippen molar-refractivity contribution in [3.63, 3.8) is 0 Å². The summed E-state index contributed by atoms with van der Waals surface area (Å²) in [6, 6.07) is 10.9. The maximum absolute atomic E-state index is 5.29. The van der Waals surface area contributed by atoms with Crippen LogP contribution in [0.2, 0.25) is 0 Å². The van der Waals surface area contributed by atoms with E-state index in [9.17, 15) is 0 Å². The smallest absolute Gasteiger partial charge is 0.119 e. The Kier molecular flexibility index (Phi) is 5.02. The third-order valence-electron chi connectivity index (χ3n) is 2.79. The number of thiophene rings is 1. The Bertz CT molecular complexity index is 551. The first-order valence-electron chi connectivity index (χ1n) is 6.26. The second-order valence-corrected chi connectivity index (χ2v) is 6.67. The number of ether oxygens (including phenoxy) is 1. The van der Waals surface area contributed by atoms with Gasteiger partial charge < -0.3 is 10.1 Å². The number of hydrogen-bond acceptors (Lipinski definition) is 3. The van der Waals surface area contributed by atoms with Crippen LogP contribution in [0.3, 0.4) is 0 Å². The summed E-state index contributed by atoms with van der Waals surface area (Å²) in [6.07, 6.45) is 0. The molecule has 1 aromatic heterocycles. The minimum absolute atomic E-state index is 0.508. The zero-order chi connectivity index (χ0) is 13.8. The van der Waals surface area contributed by atoms with E-state index in [0.717, 1.165) is 16.8 Å². The standard InChI is InChI=1S/C15H18BrNOS/c1-10(2)17-9-12-5-7-15(19-12)13-8-11(18-3)4-6-14(13)16/h4-8,10,17H,9H2,1-3H3. The van der Waals surface area contributed by atoms with E-state index in [1.54, 1.807) is 7.11 Å². The van der Waals surface area contributed by atoms with Gasteiger partial charge in [0.1, 0.15) is 5.75 Å². The van der Waals surface area contributed by atoms with Crippen LogP contribution in [0.5, 0.6) is 5.75 Å². The first-order chi connectivity index (χ1) is 9.10. The van der Waals surface area contributed by atoms with Gasteiger partial charge in [-0.25, -0.2) is 0 Å². The fourth-order valence-electron chi connectivity index (χ4n) is 1.74. The molecule has 0 saturated carbocycles. The van der Waals surface area contributed by atoms with Crippen molar-refractivity contribution in [1.82, 2.24) is 5.32 Å². The Labute approximate surface area is 126 Å². The van der Waals surface area contributed by atoms with Crippen molar-refractivity contribution in [2.45, 2.75) is 26.4 Å². The monoisotopic (exact) mass is 339 g/mol. The van der Waals surface area contributed by atoms with Crippen LogP contribution in [-0.4, -0.2) is 13.2 Å². The van der Waals surface area contributed by atoms with Gasteiger partial charge in [-0.05, 0) is 30.3 Å². The Hall–Kier alpha value is -0.840. The summed E-state index contributed by atoms with van der Waals surface area (Å²) in [6.45, 7) is 5.24. The zero-order valence-corrected chi connectivity index (χ0v) is 13.8. The molecular weight excluding hydrogens is 322 g/mol. The van der Waals surface area contributed by atoms with Gasteiger partial charge in [-0.1, -0.05) is 29.8 Å². The van der Waals surface area contributed by atoms with Gasteiger partial charge in [0.25, 0.3) is 0 Å². The van der Waals surface area contributed by atoms with Crippen molar-refractivity contribution in [3.8, 4) is 16.2 Å². The Morgan fingerprint density at radius 2 is 2.05 bits per heavy atom. The van der Waals surface area contributed by atoms with Crippen molar-refractivity contribution >= 4 is 27.3 Å². The minimum Gasteiger partial charge on any atom is -0.497 e. The first-order valence-corrected chi connectivity index (χ1v) is 7.87. The highest BCUT2D eigenvalue weighted by Crippen LogP contribution is 2.36. The Morgan fingerprint density at radius 1 is 1.26 bits per heavy atom. The summed E-state index contributed by atoms with van der Waals surface area (Å²) < 4.78 is 6.38. The van der Waals surface area contributed by atoms with E-state index in [-0.39, 0.29) is 0 Å². The number of nitrogens with one attached hydrogen (secondary N) is 1. The average molecular weight is 340 g/mol. The van der Waals surface area contributed by atoms with Gasteiger partial charge in [0.15, 0.2) is 0 Å². The summed E-state index contributed by atoms with van der Waals surface area (Å²) in [5.74, 6) is 0.883. The Morgan fingerprint density at radius 3 is 2.74 bits per heavy atom. The summed E-state index contributed by atoms with van der Waals surface area (Å²) in [5, 5.41) is 3.44. The molecule has 1 heterocycles. The molecule has 19 heavy (non-hydrogen) atoms. The van der Waals surface area contributed by atoms with Crippen LogP contribution in [0.1, 0.15) is 18.7 Å². The molecule has 2 aromatic rings. The topological polar surface area (TPSA) is 21.3 Å². The van der Waals surface area contributed by atoms with Crippen LogP contribution in [0.25, 0.3) is 10.4 Å². The van der Waals surface area contributed by atoms with Gasteiger partial charge in [0.05, 0.1) is 7.11 Å². The molecule has 0 unspecified atom stereocenters. The predicted octanol–water partition coefficient (Wildman–Crippen LogP) is 4.68. The lowest BCUT2D eigenvalue weighted by atomic mass is 10.2. The number of rotatable bonds is 5. The van der Waals surface area contributed by atoms with E-state index in [0.29, 0.717) is 6.04 Å². The van der Waals surface area contributed by atoms with E-state index in [1.807, 2.05) is 23.5 Å². The summed E-state index contributed by atoms with van der Waals surface area (Å²) in [4.78, 5) is 2.60. The van der Waals surface area contributed by atoms with Crippen LogP contribution in [0.4, 0.5) is 0 Å². The molecule has 0 aliphatic rings. The molecule has 2 nitrogen and oxygen atoms in total. The molecule has 1 N–H and O–H groups in total. The molecule has 0 bridgehead atoms. The quantitative estimate of drug-likeness (QED) is 0.853. The maximum Gasteiger partial charge on any atom is 0.119 e. The normalized spacial score (nSPS) is 11.0. The highest BCUT2D eigenvalue weighted by atomic mass is 79.9. The molecule has 0 radical (unpaired) electrons. The lowest BCUT2D eigenvalue weighted by molar-refractivity contribution is 0.415. The van der Waals surface area contributed by atoms with Crippen LogP contribution >= 0.6 is 27.3 Å².